The van der Waals surface area contributed by atoms with Crippen LogP contribution in [-0.2, 0) is 9.53 Å². The smallest absolute Gasteiger partial charge is 0.338 e. The predicted molar refractivity (Wildman–Crippen MR) is 130 cm³/mol. The number of anilines is 1. The monoisotopic (exact) mass is 488 g/mol. The van der Waals surface area contributed by atoms with Gasteiger partial charge in [-0.25, -0.2) is 9.59 Å². The zero-order valence-electron chi connectivity index (χ0n) is 18.3. The zero-order chi connectivity index (χ0) is 23.4. The first-order valence-corrected chi connectivity index (χ1v) is 11.7. The van der Waals surface area contributed by atoms with Crippen LogP contribution >= 0.6 is 23.2 Å². The van der Waals surface area contributed by atoms with E-state index in [1.807, 2.05) is 24.3 Å². The number of halogens is 2. The van der Waals surface area contributed by atoms with Gasteiger partial charge in [-0.1, -0.05) is 41.4 Å². The fraction of sp³-hybridized carbons (Fsp3) is 0.333. The first-order valence-electron chi connectivity index (χ1n) is 10.9. The molecule has 1 fully saturated rings. The molecular weight excluding hydrogens is 463 g/mol. The molecule has 0 aliphatic carbocycles. The van der Waals surface area contributed by atoms with E-state index in [0.717, 1.165) is 37.4 Å². The molecule has 2 aromatic carbocycles. The van der Waals surface area contributed by atoms with Crippen molar-refractivity contribution in [3.8, 4) is 0 Å². The van der Waals surface area contributed by atoms with Gasteiger partial charge >= 0.3 is 12.0 Å². The van der Waals surface area contributed by atoms with Gasteiger partial charge in [0.15, 0.2) is 0 Å². The number of esters is 1. The average molecular weight is 489 g/mol. The highest BCUT2D eigenvalue weighted by molar-refractivity contribution is 6.31. The minimum atomic E-state index is -0.613. The highest BCUT2D eigenvalue weighted by Gasteiger charge is 2.34. The van der Waals surface area contributed by atoms with Crippen LogP contribution in [0.25, 0.3) is 0 Å². The number of carbonyl (C=O) groups is 2. The van der Waals surface area contributed by atoms with Crippen LogP contribution in [0, 0.1) is 0 Å². The summed E-state index contributed by atoms with van der Waals surface area (Å²) in [7, 11) is 0. The first-order chi connectivity index (χ1) is 15.9. The number of nitrogens with one attached hydrogen (secondary N) is 2. The lowest BCUT2D eigenvalue weighted by Crippen LogP contribution is -2.51. The quantitative estimate of drug-likeness (QED) is 0.601. The molecule has 2 amide bonds. The van der Waals surface area contributed by atoms with Crippen LogP contribution in [0.5, 0.6) is 0 Å². The van der Waals surface area contributed by atoms with Gasteiger partial charge in [-0.05, 0) is 42.8 Å². The molecule has 0 saturated carbocycles. The van der Waals surface area contributed by atoms with E-state index in [1.54, 1.807) is 31.2 Å². The summed E-state index contributed by atoms with van der Waals surface area (Å²) in [6.45, 7) is 5.63. The van der Waals surface area contributed by atoms with E-state index in [4.69, 9.17) is 27.9 Å². The maximum atomic E-state index is 12.9. The standard InChI is InChI=1S/C24H26Cl2N4O3/c1-2-33-23(31)21-20(27-24(32)28-22(21)16-6-8-17(25)9-7-16)15-29-10-12-30(13-11-29)19-5-3-4-18(26)14-19/h3-9,14,22H,2,10-13,15H2,1H3,(H2,27,28,32)/t22-/m0/s1. The summed E-state index contributed by atoms with van der Waals surface area (Å²) in [6.07, 6.45) is 0. The fourth-order valence-corrected chi connectivity index (χ4v) is 4.47. The molecule has 0 unspecified atom stereocenters. The summed E-state index contributed by atoms with van der Waals surface area (Å²) in [5.74, 6) is -0.447. The number of benzene rings is 2. The van der Waals surface area contributed by atoms with Gasteiger partial charge in [0.1, 0.15) is 0 Å². The number of amides is 2. The molecule has 2 aromatic rings. The Kier molecular flexibility index (Phi) is 7.42. The van der Waals surface area contributed by atoms with E-state index in [2.05, 4.69) is 20.4 Å². The third-order valence-electron chi connectivity index (χ3n) is 5.78. The van der Waals surface area contributed by atoms with Gasteiger partial charge in [0, 0.05) is 54.2 Å². The number of carbonyl (C=O) groups excluding carboxylic acids is 2. The molecule has 2 heterocycles. The van der Waals surface area contributed by atoms with E-state index >= 15 is 0 Å². The predicted octanol–water partition coefficient (Wildman–Crippen LogP) is 3.99. The van der Waals surface area contributed by atoms with Gasteiger partial charge in [0.2, 0.25) is 0 Å². The molecular formula is C24H26Cl2N4O3. The van der Waals surface area contributed by atoms with Gasteiger partial charge in [0.25, 0.3) is 0 Å². The summed E-state index contributed by atoms with van der Waals surface area (Å²) in [6, 6.07) is 13.9. The van der Waals surface area contributed by atoms with Gasteiger partial charge < -0.3 is 20.3 Å². The number of rotatable bonds is 6. The average Bonchev–Trinajstić information content (AvgIpc) is 2.80. The molecule has 0 bridgehead atoms. The second-order valence-corrected chi connectivity index (χ2v) is 8.81. The molecule has 2 aliphatic rings. The highest BCUT2D eigenvalue weighted by atomic mass is 35.5. The third kappa shape index (κ3) is 5.61. The Bertz CT molecular complexity index is 1050. The second-order valence-electron chi connectivity index (χ2n) is 7.94. The normalized spacial score (nSPS) is 19.2. The van der Waals surface area contributed by atoms with Crippen LogP contribution in [-0.4, -0.2) is 56.2 Å². The molecule has 7 nitrogen and oxygen atoms in total. The maximum absolute atomic E-state index is 12.9. The topological polar surface area (TPSA) is 73.9 Å². The number of nitrogens with zero attached hydrogens (tertiary/aromatic N) is 2. The molecule has 0 radical (unpaired) electrons. The van der Waals surface area contributed by atoms with Crippen molar-refractivity contribution >= 4 is 40.9 Å². The Balaban J connectivity index is 1.55. The van der Waals surface area contributed by atoms with Crippen molar-refractivity contribution in [2.45, 2.75) is 13.0 Å². The van der Waals surface area contributed by atoms with E-state index in [-0.39, 0.29) is 12.6 Å². The molecule has 2 aliphatic heterocycles. The van der Waals surface area contributed by atoms with E-state index in [1.165, 1.54) is 0 Å². The van der Waals surface area contributed by atoms with Crippen molar-refractivity contribution in [3.63, 3.8) is 0 Å². The maximum Gasteiger partial charge on any atom is 0.338 e. The minimum Gasteiger partial charge on any atom is -0.463 e. The largest absolute Gasteiger partial charge is 0.463 e. The molecule has 2 N–H and O–H groups in total. The van der Waals surface area contributed by atoms with E-state index in [9.17, 15) is 9.59 Å². The van der Waals surface area contributed by atoms with Gasteiger partial charge in [-0.3, -0.25) is 4.90 Å². The fourth-order valence-electron chi connectivity index (χ4n) is 4.16. The van der Waals surface area contributed by atoms with E-state index in [0.29, 0.717) is 27.9 Å². The number of hydrogen-bond donors (Lipinski definition) is 2. The van der Waals surface area contributed by atoms with Crippen molar-refractivity contribution in [1.29, 1.82) is 0 Å². The second kappa shape index (κ2) is 10.5. The lowest BCUT2D eigenvalue weighted by molar-refractivity contribution is -0.139. The van der Waals surface area contributed by atoms with Gasteiger partial charge in [0.05, 0.1) is 18.2 Å². The third-order valence-corrected chi connectivity index (χ3v) is 6.27. The van der Waals surface area contributed by atoms with Gasteiger partial charge in [-0.2, -0.15) is 0 Å². The minimum absolute atomic E-state index is 0.245. The van der Waals surface area contributed by atoms with Gasteiger partial charge in [-0.15, -0.1) is 0 Å². The number of piperazine rings is 1. The van der Waals surface area contributed by atoms with Crippen molar-refractivity contribution in [2.75, 3.05) is 44.2 Å². The van der Waals surface area contributed by atoms with Crippen LogP contribution < -0.4 is 15.5 Å². The summed E-state index contributed by atoms with van der Waals surface area (Å²) < 4.78 is 5.34. The summed E-state index contributed by atoms with van der Waals surface area (Å²) in [4.78, 5) is 29.9. The van der Waals surface area contributed by atoms with Crippen LogP contribution in [0.3, 0.4) is 0 Å². The van der Waals surface area contributed by atoms with Crippen LogP contribution in [0.1, 0.15) is 18.5 Å². The molecule has 9 heteroatoms. The number of urea groups is 1. The molecule has 0 spiro atoms. The summed E-state index contributed by atoms with van der Waals surface area (Å²) in [5, 5.41) is 6.99. The van der Waals surface area contributed by atoms with Crippen molar-refractivity contribution in [2.24, 2.45) is 0 Å². The van der Waals surface area contributed by atoms with Crippen molar-refractivity contribution < 1.29 is 14.3 Å². The van der Waals surface area contributed by atoms with Crippen LogP contribution in [0.15, 0.2) is 59.8 Å². The number of hydrogen-bond acceptors (Lipinski definition) is 5. The highest BCUT2D eigenvalue weighted by Crippen LogP contribution is 2.29. The molecule has 174 valence electrons. The Hall–Kier alpha value is -2.74. The Morgan fingerprint density at radius 1 is 1.06 bits per heavy atom. The molecule has 0 aromatic heterocycles. The van der Waals surface area contributed by atoms with Crippen molar-refractivity contribution in [1.82, 2.24) is 15.5 Å². The van der Waals surface area contributed by atoms with E-state index < -0.39 is 12.0 Å². The lowest BCUT2D eigenvalue weighted by Gasteiger charge is -2.38. The van der Waals surface area contributed by atoms with Crippen LogP contribution in [0.4, 0.5) is 10.5 Å². The molecule has 1 saturated heterocycles. The Morgan fingerprint density at radius 3 is 2.45 bits per heavy atom. The lowest BCUT2D eigenvalue weighted by atomic mass is 9.95. The molecule has 4 rings (SSSR count). The molecule has 1 atom stereocenters. The summed E-state index contributed by atoms with van der Waals surface area (Å²) in [5.41, 5.74) is 2.83. The Morgan fingerprint density at radius 2 is 1.79 bits per heavy atom. The zero-order valence-corrected chi connectivity index (χ0v) is 19.8. The first kappa shape index (κ1) is 23.4. The SMILES string of the molecule is CCOC(=O)C1=C(CN2CCN(c3cccc(Cl)c3)CC2)NC(=O)N[C@H]1c1ccc(Cl)cc1. The van der Waals surface area contributed by atoms with Crippen LogP contribution in [0.2, 0.25) is 10.0 Å². The summed E-state index contributed by atoms with van der Waals surface area (Å²) >= 11 is 12.2. The number of ether oxygens (including phenoxy) is 1. The Labute approximate surface area is 203 Å². The van der Waals surface area contributed by atoms with Crippen molar-refractivity contribution in [3.05, 3.63) is 75.4 Å². The molecule has 33 heavy (non-hydrogen) atoms.